The monoisotopic (exact) mass is 322 g/mol. The van der Waals surface area contributed by atoms with Crippen LogP contribution in [0, 0.1) is 6.57 Å². The summed E-state index contributed by atoms with van der Waals surface area (Å²) in [6, 6.07) is 12.0. The zero-order chi connectivity index (χ0) is 17.4. The Morgan fingerprint density at radius 3 is 2.00 bits per heavy atom. The van der Waals surface area contributed by atoms with Gasteiger partial charge in [-0.1, -0.05) is 24.3 Å². The summed E-state index contributed by atoms with van der Waals surface area (Å²) in [4.78, 5) is 3.41. The fourth-order valence-corrected chi connectivity index (χ4v) is 2.60. The number of benzene rings is 1. The van der Waals surface area contributed by atoms with Crippen LogP contribution in [0.2, 0.25) is 0 Å². The van der Waals surface area contributed by atoms with Crippen molar-refractivity contribution in [1.29, 1.82) is 0 Å². The van der Waals surface area contributed by atoms with Crippen LogP contribution in [0.15, 0.2) is 48.8 Å². The molecule has 1 aromatic heterocycles. The van der Waals surface area contributed by atoms with E-state index in [1.165, 1.54) is 5.56 Å². The predicted octanol–water partition coefficient (Wildman–Crippen LogP) is 2.87. The fraction of sp³-hybridized carbons (Fsp3) is 0.368. The molecule has 3 rings (SSSR count). The van der Waals surface area contributed by atoms with Crippen LogP contribution in [0.5, 0.6) is 0 Å². The van der Waals surface area contributed by atoms with Crippen LogP contribution in [-0.4, -0.2) is 18.3 Å². The van der Waals surface area contributed by atoms with E-state index in [0.29, 0.717) is 5.69 Å². The maximum atomic E-state index is 6.99. The molecule has 0 N–H and O–H groups in total. The van der Waals surface area contributed by atoms with Gasteiger partial charge in [0.2, 0.25) is 0 Å². The standard InChI is InChI=1S/C19H22BN2O2/c1-18(2)19(3,4)24-20(23-18)16-8-6-15(7-9-16)14-22-12-10-17(21-5)11-13-22/h6-13H,14H2,1-4H3/q+1/i21+1. The molecule has 1 fully saturated rings. The highest BCUT2D eigenvalue weighted by molar-refractivity contribution is 6.62. The van der Waals surface area contributed by atoms with Crippen molar-refractivity contribution in [2.45, 2.75) is 45.4 Å². The fourth-order valence-electron chi connectivity index (χ4n) is 2.60. The summed E-state index contributed by atoms with van der Waals surface area (Å²) < 4.78 is 14.2. The van der Waals surface area contributed by atoms with E-state index in [4.69, 9.17) is 15.9 Å². The van der Waals surface area contributed by atoms with E-state index in [-0.39, 0.29) is 18.3 Å². The summed E-state index contributed by atoms with van der Waals surface area (Å²) in [6.45, 7) is 16.0. The van der Waals surface area contributed by atoms with E-state index in [1.807, 2.05) is 24.5 Å². The van der Waals surface area contributed by atoms with E-state index >= 15 is 0 Å². The van der Waals surface area contributed by atoms with E-state index < -0.39 is 0 Å². The Morgan fingerprint density at radius 2 is 1.50 bits per heavy atom. The lowest BCUT2D eigenvalue weighted by atomic mass is 9.79. The van der Waals surface area contributed by atoms with Gasteiger partial charge in [-0.15, -0.1) is 0 Å². The first-order valence-corrected chi connectivity index (χ1v) is 8.12. The van der Waals surface area contributed by atoms with Gasteiger partial charge < -0.3 is 9.31 Å². The van der Waals surface area contributed by atoms with Gasteiger partial charge in [-0.3, -0.25) is 0 Å². The van der Waals surface area contributed by atoms with Crippen LogP contribution >= 0.6 is 0 Å². The van der Waals surface area contributed by atoms with Gasteiger partial charge in [-0.2, -0.15) is 0 Å². The van der Waals surface area contributed by atoms with Crippen LogP contribution in [0.25, 0.3) is 4.85 Å². The molecular weight excluding hydrogens is 300 g/mol. The second kappa shape index (κ2) is 6.05. The van der Waals surface area contributed by atoms with Gasteiger partial charge in [0.15, 0.2) is 24.6 Å². The van der Waals surface area contributed by atoms with Crippen molar-refractivity contribution >= 4 is 18.3 Å². The lowest BCUT2D eigenvalue weighted by Crippen LogP contribution is -2.41. The summed E-state index contributed by atoms with van der Waals surface area (Å²) in [5.41, 5.74) is 2.23. The number of pyridine rings is 1. The van der Waals surface area contributed by atoms with Gasteiger partial charge in [0, 0.05) is 17.7 Å². The zero-order valence-electron chi connectivity index (χ0n) is 14.6. The van der Waals surface area contributed by atoms with Crippen LogP contribution < -0.4 is 10.0 Å². The number of nitrogens with zero attached hydrogens (tertiary/aromatic N) is 2. The molecule has 4 nitrogen and oxygen atoms in total. The van der Waals surface area contributed by atoms with Crippen LogP contribution in [-0.2, 0) is 15.9 Å². The molecule has 0 saturated carbocycles. The first kappa shape index (κ1) is 16.7. The maximum Gasteiger partial charge on any atom is 0.494 e. The second-order valence-electron chi connectivity index (χ2n) is 7.17. The van der Waals surface area contributed by atoms with Crippen LogP contribution in [0.4, 0.5) is 5.69 Å². The van der Waals surface area contributed by atoms with Crippen LogP contribution in [0.3, 0.4) is 0 Å². The first-order chi connectivity index (χ1) is 11.3. The predicted molar refractivity (Wildman–Crippen MR) is 94.2 cm³/mol. The topological polar surface area (TPSA) is 26.7 Å². The normalized spacial score (nSPS) is 18.4. The molecule has 2 aromatic rings. The SMILES string of the molecule is [C-]#[15N+]c1cc[n+](Cc2ccc(B3OC(C)(C)C(C)(C)O3)cc2)cc1. The highest BCUT2D eigenvalue weighted by Crippen LogP contribution is 2.36. The van der Waals surface area contributed by atoms with Crippen molar-refractivity contribution in [3.63, 3.8) is 0 Å². The molecule has 0 spiro atoms. The van der Waals surface area contributed by atoms with Crippen molar-refractivity contribution in [2.75, 3.05) is 0 Å². The van der Waals surface area contributed by atoms with Crippen molar-refractivity contribution in [1.82, 2.24) is 0 Å². The average molecular weight is 322 g/mol. The van der Waals surface area contributed by atoms with Crippen molar-refractivity contribution in [3.8, 4) is 0 Å². The molecule has 0 bridgehead atoms. The Hall–Kier alpha value is -2.16. The summed E-state index contributed by atoms with van der Waals surface area (Å²) in [5, 5.41) is 0. The third-order valence-corrected chi connectivity index (χ3v) is 4.87. The number of rotatable bonds is 3. The van der Waals surface area contributed by atoms with E-state index in [9.17, 15) is 0 Å². The van der Waals surface area contributed by atoms with Gasteiger partial charge in [0.1, 0.15) is 0 Å². The average Bonchev–Trinajstić information content (AvgIpc) is 2.77. The second-order valence-corrected chi connectivity index (χ2v) is 7.17. The third-order valence-electron chi connectivity index (χ3n) is 4.87. The minimum Gasteiger partial charge on any atom is -0.399 e. The lowest BCUT2D eigenvalue weighted by molar-refractivity contribution is -0.688. The number of hydrogen-bond acceptors (Lipinski definition) is 2. The Labute approximate surface area is 144 Å². The quantitative estimate of drug-likeness (QED) is 0.376. The lowest BCUT2D eigenvalue weighted by Gasteiger charge is -2.32. The van der Waals surface area contributed by atoms with Crippen molar-refractivity contribution in [3.05, 3.63) is 65.8 Å². The molecule has 0 radical (unpaired) electrons. The molecule has 2 heterocycles. The van der Waals surface area contributed by atoms with E-state index in [1.54, 1.807) is 0 Å². The summed E-state index contributed by atoms with van der Waals surface area (Å²) in [5.74, 6) is 0. The minimum atomic E-state index is -0.324. The summed E-state index contributed by atoms with van der Waals surface area (Å²) in [7, 11) is -0.324. The molecule has 122 valence electrons. The molecule has 1 saturated heterocycles. The summed E-state index contributed by atoms with van der Waals surface area (Å²) >= 11 is 0. The highest BCUT2D eigenvalue weighted by Gasteiger charge is 2.51. The molecule has 1 aromatic carbocycles. The molecule has 0 amide bonds. The van der Waals surface area contributed by atoms with Crippen LogP contribution in [0.1, 0.15) is 33.3 Å². The number of hydrogen-bond donors (Lipinski definition) is 0. The Bertz CT molecular complexity index is 745. The zero-order valence-corrected chi connectivity index (χ0v) is 14.6. The minimum absolute atomic E-state index is 0.323. The Balaban J connectivity index is 1.71. The van der Waals surface area contributed by atoms with Gasteiger partial charge >= 0.3 is 7.12 Å². The number of aromatic nitrogens is 1. The molecule has 0 aliphatic carbocycles. The van der Waals surface area contributed by atoms with Crippen molar-refractivity contribution < 1.29 is 13.9 Å². The first-order valence-electron chi connectivity index (χ1n) is 8.12. The maximum absolute atomic E-state index is 6.99. The van der Waals surface area contributed by atoms with Crippen molar-refractivity contribution in [2.24, 2.45) is 0 Å². The molecule has 5 heteroatoms. The summed E-state index contributed by atoms with van der Waals surface area (Å²) in [6.07, 6.45) is 3.85. The molecule has 1 aliphatic heterocycles. The highest BCUT2D eigenvalue weighted by atomic mass is 16.7. The third kappa shape index (κ3) is 3.21. The van der Waals surface area contributed by atoms with Gasteiger partial charge in [-0.05, 0) is 33.2 Å². The molecule has 1 aliphatic rings. The van der Waals surface area contributed by atoms with Gasteiger partial charge in [0.25, 0.3) is 0 Å². The Kier molecular flexibility index (Phi) is 4.21. The molecule has 0 unspecified atom stereocenters. The Morgan fingerprint density at radius 1 is 0.958 bits per heavy atom. The van der Waals surface area contributed by atoms with E-state index in [0.717, 1.165) is 12.0 Å². The molecular formula is C19H22BN2O2+. The largest absolute Gasteiger partial charge is 0.494 e. The van der Waals surface area contributed by atoms with Gasteiger partial charge in [0.05, 0.1) is 17.8 Å². The molecule has 24 heavy (non-hydrogen) atoms. The smallest absolute Gasteiger partial charge is 0.399 e. The molecule has 0 atom stereocenters. The van der Waals surface area contributed by atoms with Gasteiger partial charge in [-0.25, -0.2) is 9.41 Å². The van der Waals surface area contributed by atoms with E-state index in [2.05, 4.69) is 61.4 Å².